The van der Waals surface area contributed by atoms with Gasteiger partial charge in [-0.3, -0.25) is 10.2 Å². The van der Waals surface area contributed by atoms with Gasteiger partial charge in [-0.25, -0.2) is 10.8 Å². The summed E-state index contributed by atoms with van der Waals surface area (Å²) in [6.45, 7) is -0.245. The summed E-state index contributed by atoms with van der Waals surface area (Å²) >= 11 is 2.66. The molecule has 16 heavy (non-hydrogen) atoms. The fraction of sp³-hybridized carbons (Fsp3) is 0.500. The van der Waals surface area contributed by atoms with Crippen LogP contribution >= 0.6 is 23.1 Å². The van der Waals surface area contributed by atoms with Crippen LogP contribution in [0.4, 0.5) is 0 Å². The van der Waals surface area contributed by atoms with Gasteiger partial charge in [0.15, 0.2) is 5.01 Å². The van der Waals surface area contributed by atoms with Crippen LogP contribution in [0.3, 0.4) is 0 Å². The molecule has 0 radical (unpaired) electrons. The molecule has 5 N–H and O–H groups in total. The predicted octanol–water partition coefficient (Wildman–Crippen LogP) is -0.667. The normalized spacial score (nSPS) is 12.4. The number of hydrazine groups is 1. The first kappa shape index (κ1) is 13.4. The lowest BCUT2D eigenvalue weighted by Crippen LogP contribution is -2.29. The van der Waals surface area contributed by atoms with Gasteiger partial charge in [-0.1, -0.05) is 0 Å². The third-order valence-electron chi connectivity index (χ3n) is 1.65. The van der Waals surface area contributed by atoms with Gasteiger partial charge in [0.1, 0.15) is 0 Å². The minimum atomic E-state index is -0.713. The number of aliphatic hydroxyl groups is 2. The zero-order valence-electron chi connectivity index (χ0n) is 8.42. The molecule has 90 valence electrons. The van der Waals surface area contributed by atoms with Crippen LogP contribution in [0.15, 0.2) is 5.38 Å². The van der Waals surface area contributed by atoms with Crippen LogP contribution in [-0.4, -0.2) is 39.6 Å². The molecule has 0 spiro atoms. The van der Waals surface area contributed by atoms with Gasteiger partial charge in [0.25, 0.3) is 5.91 Å². The number of carbonyl (C=O) groups is 1. The number of amides is 1. The molecule has 1 aromatic rings. The van der Waals surface area contributed by atoms with Crippen molar-refractivity contribution in [1.29, 1.82) is 0 Å². The van der Waals surface area contributed by atoms with Gasteiger partial charge < -0.3 is 10.2 Å². The van der Waals surface area contributed by atoms with Gasteiger partial charge in [0.05, 0.1) is 18.4 Å². The SMILES string of the molecule is NNC(=O)c1nc(CSCC(O)CO)cs1. The Morgan fingerprint density at radius 3 is 3.12 bits per heavy atom. The summed E-state index contributed by atoms with van der Waals surface area (Å²) in [5, 5.41) is 19.8. The molecule has 8 heteroatoms. The van der Waals surface area contributed by atoms with Crippen molar-refractivity contribution in [2.24, 2.45) is 5.84 Å². The summed E-state index contributed by atoms with van der Waals surface area (Å²) in [4.78, 5) is 15.2. The van der Waals surface area contributed by atoms with Crippen molar-refractivity contribution >= 4 is 29.0 Å². The molecule has 6 nitrogen and oxygen atoms in total. The van der Waals surface area contributed by atoms with Crippen LogP contribution in [0, 0.1) is 0 Å². The molecule has 0 aromatic carbocycles. The van der Waals surface area contributed by atoms with E-state index in [1.807, 2.05) is 5.43 Å². The van der Waals surface area contributed by atoms with Crippen LogP contribution in [0.1, 0.15) is 15.5 Å². The predicted molar refractivity (Wildman–Crippen MR) is 63.0 cm³/mol. The third kappa shape index (κ3) is 4.06. The maximum Gasteiger partial charge on any atom is 0.294 e. The third-order valence-corrected chi connectivity index (χ3v) is 3.66. The van der Waals surface area contributed by atoms with Crippen molar-refractivity contribution in [3.63, 3.8) is 0 Å². The van der Waals surface area contributed by atoms with Crippen LogP contribution in [0.5, 0.6) is 0 Å². The number of carbonyl (C=O) groups excluding carboxylic acids is 1. The summed E-state index contributed by atoms with van der Waals surface area (Å²) in [6.07, 6.45) is -0.713. The highest BCUT2D eigenvalue weighted by Crippen LogP contribution is 2.16. The van der Waals surface area contributed by atoms with Gasteiger partial charge in [0.2, 0.25) is 0 Å². The standard InChI is InChI=1S/C8H13N3O3S2/c9-11-7(14)8-10-5(3-16-8)2-15-4-6(13)1-12/h3,6,12-13H,1-2,4,9H2,(H,11,14). The molecule has 0 saturated carbocycles. The monoisotopic (exact) mass is 263 g/mol. The lowest BCUT2D eigenvalue weighted by molar-refractivity contribution is 0.0953. The number of aromatic nitrogens is 1. The number of nitrogens with two attached hydrogens (primary N) is 1. The number of nitrogen functional groups attached to an aromatic ring is 1. The summed E-state index contributed by atoms with van der Waals surface area (Å²) in [6, 6.07) is 0. The van der Waals surface area contributed by atoms with Crippen molar-refractivity contribution in [3.8, 4) is 0 Å². The van der Waals surface area contributed by atoms with E-state index < -0.39 is 12.0 Å². The average Bonchev–Trinajstić information content (AvgIpc) is 2.76. The molecule has 1 atom stereocenters. The number of hydrogen-bond donors (Lipinski definition) is 4. The number of rotatable bonds is 6. The van der Waals surface area contributed by atoms with Crippen molar-refractivity contribution < 1.29 is 15.0 Å². The maximum atomic E-state index is 11.1. The van der Waals surface area contributed by atoms with Crippen LogP contribution < -0.4 is 11.3 Å². The topological polar surface area (TPSA) is 108 Å². The molecule has 1 amide bonds. The minimum absolute atomic E-state index is 0.245. The van der Waals surface area contributed by atoms with E-state index in [0.29, 0.717) is 16.5 Å². The van der Waals surface area contributed by atoms with Crippen LogP contribution in [0.25, 0.3) is 0 Å². The first-order valence-corrected chi connectivity index (χ1v) is 6.52. The lowest BCUT2D eigenvalue weighted by Gasteiger charge is -2.04. The maximum absolute atomic E-state index is 11.1. The lowest BCUT2D eigenvalue weighted by atomic mass is 10.4. The molecular weight excluding hydrogens is 250 g/mol. The number of aliphatic hydroxyl groups excluding tert-OH is 2. The second-order valence-corrected chi connectivity index (χ2v) is 4.86. The number of hydrogen-bond acceptors (Lipinski definition) is 7. The van der Waals surface area contributed by atoms with Crippen molar-refractivity contribution in [2.45, 2.75) is 11.9 Å². The number of thioether (sulfide) groups is 1. The Morgan fingerprint density at radius 2 is 2.50 bits per heavy atom. The zero-order valence-corrected chi connectivity index (χ0v) is 10.1. The Morgan fingerprint density at radius 1 is 1.75 bits per heavy atom. The van der Waals surface area contributed by atoms with Crippen molar-refractivity contribution in [3.05, 3.63) is 16.1 Å². The quantitative estimate of drug-likeness (QED) is 0.308. The van der Waals surface area contributed by atoms with Crippen LogP contribution in [-0.2, 0) is 5.75 Å². The number of nitrogens with one attached hydrogen (secondary N) is 1. The van der Waals surface area contributed by atoms with E-state index in [0.717, 1.165) is 5.69 Å². The molecule has 1 heterocycles. The molecule has 0 saturated heterocycles. The second-order valence-electron chi connectivity index (χ2n) is 2.97. The van der Waals surface area contributed by atoms with Crippen molar-refractivity contribution in [1.82, 2.24) is 10.4 Å². The molecule has 0 aliphatic rings. The fourth-order valence-corrected chi connectivity index (χ4v) is 2.57. The first-order chi connectivity index (χ1) is 7.67. The highest BCUT2D eigenvalue weighted by atomic mass is 32.2. The zero-order chi connectivity index (χ0) is 12.0. The highest BCUT2D eigenvalue weighted by molar-refractivity contribution is 7.98. The summed E-state index contributed by atoms with van der Waals surface area (Å²) in [5.74, 6) is 5.59. The van der Waals surface area contributed by atoms with E-state index in [1.54, 1.807) is 5.38 Å². The molecule has 0 aliphatic carbocycles. The van der Waals surface area contributed by atoms with E-state index in [-0.39, 0.29) is 6.61 Å². The molecule has 1 unspecified atom stereocenters. The van der Waals surface area contributed by atoms with E-state index in [2.05, 4.69) is 4.98 Å². The molecule has 0 aliphatic heterocycles. The van der Waals surface area contributed by atoms with E-state index in [4.69, 9.17) is 16.1 Å². The Hall–Kier alpha value is -0.670. The Labute approximate surface area is 101 Å². The smallest absolute Gasteiger partial charge is 0.294 e. The number of thiazole rings is 1. The second kappa shape index (κ2) is 6.81. The Balaban J connectivity index is 2.38. The average molecular weight is 263 g/mol. The first-order valence-electron chi connectivity index (χ1n) is 4.49. The van der Waals surface area contributed by atoms with E-state index >= 15 is 0 Å². The number of nitrogens with zero attached hydrogens (tertiary/aromatic N) is 1. The van der Waals surface area contributed by atoms with Gasteiger partial charge in [-0.05, 0) is 0 Å². The summed E-state index contributed by atoms with van der Waals surface area (Å²) < 4.78 is 0. The largest absolute Gasteiger partial charge is 0.394 e. The summed E-state index contributed by atoms with van der Waals surface area (Å²) in [7, 11) is 0. The van der Waals surface area contributed by atoms with Gasteiger partial charge in [-0.2, -0.15) is 11.8 Å². The Bertz CT molecular complexity index is 345. The molecule has 0 bridgehead atoms. The molecule has 1 aromatic heterocycles. The highest BCUT2D eigenvalue weighted by Gasteiger charge is 2.09. The molecule has 1 rings (SSSR count). The summed E-state index contributed by atoms with van der Waals surface area (Å²) in [5.41, 5.74) is 2.77. The van der Waals surface area contributed by atoms with Crippen molar-refractivity contribution in [2.75, 3.05) is 12.4 Å². The van der Waals surface area contributed by atoms with Gasteiger partial charge in [0, 0.05) is 16.9 Å². The van der Waals surface area contributed by atoms with E-state index in [9.17, 15) is 4.79 Å². The van der Waals surface area contributed by atoms with Gasteiger partial charge in [-0.15, -0.1) is 11.3 Å². The Kier molecular flexibility index (Phi) is 5.71. The molecular formula is C8H13N3O3S2. The minimum Gasteiger partial charge on any atom is -0.394 e. The van der Waals surface area contributed by atoms with Gasteiger partial charge >= 0.3 is 0 Å². The van der Waals surface area contributed by atoms with E-state index in [1.165, 1.54) is 23.1 Å². The molecule has 0 fully saturated rings. The van der Waals surface area contributed by atoms with Crippen LogP contribution in [0.2, 0.25) is 0 Å². The fourth-order valence-electron chi connectivity index (χ4n) is 0.892.